The molecule has 1 aliphatic carbocycles. The number of hydrogen-bond acceptors (Lipinski definition) is 3. The van der Waals surface area contributed by atoms with Crippen molar-refractivity contribution in [2.24, 2.45) is 11.3 Å². The van der Waals surface area contributed by atoms with E-state index in [1.165, 1.54) is 16.9 Å². The summed E-state index contributed by atoms with van der Waals surface area (Å²) < 4.78 is 0. The summed E-state index contributed by atoms with van der Waals surface area (Å²) in [5, 5.41) is 5.52. The van der Waals surface area contributed by atoms with Crippen LogP contribution in [-0.4, -0.2) is 18.9 Å². The first-order valence-corrected chi connectivity index (χ1v) is 9.84. The van der Waals surface area contributed by atoms with E-state index in [-0.39, 0.29) is 11.8 Å². The maximum absolute atomic E-state index is 12.6. The van der Waals surface area contributed by atoms with E-state index < -0.39 is 0 Å². The third-order valence-corrected chi connectivity index (χ3v) is 6.40. The molecular weight excluding hydrogens is 344 g/mol. The van der Waals surface area contributed by atoms with Gasteiger partial charge in [-0.05, 0) is 66.5 Å². The van der Waals surface area contributed by atoms with Crippen LogP contribution < -0.4 is 10.6 Å². The first-order chi connectivity index (χ1) is 12.3. The van der Waals surface area contributed by atoms with Gasteiger partial charge in [0, 0.05) is 23.2 Å². The van der Waals surface area contributed by atoms with Crippen LogP contribution >= 0.6 is 11.3 Å². The number of amides is 2. The van der Waals surface area contributed by atoms with Crippen LogP contribution in [0.4, 0.5) is 5.69 Å². The fourth-order valence-corrected chi connectivity index (χ4v) is 4.52. The zero-order valence-electron chi connectivity index (χ0n) is 15.8. The Bertz CT molecular complexity index is 816. The lowest BCUT2D eigenvalue weighted by atomic mass is 9.72. The predicted molar refractivity (Wildman–Crippen MR) is 107 cm³/mol. The molecule has 2 amide bonds. The molecule has 2 N–H and O–H groups in total. The van der Waals surface area contributed by atoms with Crippen molar-refractivity contribution in [3.63, 3.8) is 0 Å². The van der Waals surface area contributed by atoms with Crippen LogP contribution in [0.25, 0.3) is 0 Å². The lowest BCUT2D eigenvalue weighted by Crippen LogP contribution is -2.26. The molecule has 1 heterocycles. The summed E-state index contributed by atoms with van der Waals surface area (Å²) in [6.45, 7) is 6.89. The minimum absolute atomic E-state index is 0.0793. The highest BCUT2D eigenvalue weighted by molar-refractivity contribution is 7.14. The number of carbonyl (C=O) groups excluding carboxylic acids is 2. The predicted octanol–water partition coefficient (Wildman–Crippen LogP) is 4.51. The lowest BCUT2D eigenvalue weighted by Gasteiger charge is -2.33. The van der Waals surface area contributed by atoms with Crippen molar-refractivity contribution in [1.82, 2.24) is 5.32 Å². The Hall–Kier alpha value is -2.14. The number of rotatable bonds is 3. The van der Waals surface area contributed by atoms with Gasteiger partial charge < -0.3 is 10.6 Å². The molecule has 0 saturated heterocycles. The zero-order chi connectivity index (χ0) is 18.9. The van der Waals surface area contributed by atoms with Crippen molar-refractivity contribution in [1.29, 1.82) is 0 Å². The quantitative estimate of drug-likeness (QED) is 0.835. The Labute approximate surface area is 159 Å². The van der Waals surface area contributed by atoms with E-state index in [1.54, 1.807) is 42.6 Å². The van der Waals surface area contributed by atoms with Crippen LogP contribution in [0.15, 0.2) is 30.3 Å². The van der Waals surface area contributed by atoms with E-state index in [0.717, 1.165) is 17.7 Å². The minimum atomic E-state index is -0.137. The Morgan fingerprint density at radius 2 is 1.81 bits per heavy atom. The molecule has 0 spiro atoms. The molecular formula is C21H26N2O2S. The van der Waals surface area contributed by atoms with Crippen LogP contribution in [0, 0.1) is 11.3 Å². The van der Waals surface area contributed by atoms with Crippen LogP contribution in [-0.2, 0) is 12.8 Å². The number of aryl methyl sites for hydroxylation is 1. The summed E-state index contributed by atoms with van der Waals surface area (Å²) in [5.41, 5.74) is 2.90. The van der Waals surface area contributed by atoms with E-state index in [9.17, 15) is 9.59 Å². The van der Waals surface area contributed by atoms with Gasteiger partial charge in [0.2, 0.25) is 0 Å². The van der Waals surface area contributed by atoms with Gasteiger partial charge in [0.25, 0.3) is 11.8 Å². The summed E-state index contributed by atoms with van der Waals surface area (Å²) in [6.07, 6.45) is 3.32. The molecule has 138 valence electrons. The van der Waals surface area contributed by atoms with Crippen molar-refractivity contribution in [2.45, 2.75) is 40.0 Å². The van der Waals surface area contributed by atoms with Crippen LogP contribution in [0.2, 0.25) is 0 Å². The molecule has 0 aliphatic heterocycles. The Balaban J connectivity index is 1.70. The van der Waals surface area contributed by atoms with Gasteiger partial charge in [0.15, 0.2) is 0 Å². The molecule has 26 heavy (non-hydrogen) atoms. The van der Waals surface area contributed by atoms with Crippen LogP contribution in [0.5, 0.6) is 0 Å². The second kappa shape index (κ2) is 7.23. The van der Waals surface area contributed by atoms with Crippen molar-refractivity contribution in [3.8, 4) is 0 Å². The Kier molecular flexibility index (Phi) is 5.19. The summed E-state index contributed by atoms with van der Waals surface area (Å²) in [6, 6.07) is 8.99. The second-order valence-corrected chi connectivity index (χ2v) is 9.11. The maximum Gasteiger partial charge on any atom is 0.265 e. The number of nitrogens with one attached hydrogen (secondary N) is 2. The van der Waals surface area contributed by atoms with Crippen molar-refractivity contribution in [2.75, 3.05) is 12.4 Å². The molecule has 1 aromatic carbocycles. The van der Waals surface area contributed by atoms with Crippen molar-refractivity contribution in [3.05, 3.63) is 51.2 Å². The van der Waals surface area contributed by atoms with Gasteiger partial charge in [0.1, 0.15) is 0 Å². The molecule has 4 nitrogen and oxygen atoms in total. The summed E-state index contributed by atoms with van der Waals surface area (Å²) in [7, 11) is 1.60. The SMILES string of the molecule is CNC(=O)c1ccc(NC(=O)c2cc3c(s2)CCC(C(C)(C)C)C3)cc1. The molecule has 0 radical (unpaired) electrons. The molecule has 5 heteroatoms. The van der Waals surface area contributed by atoms with Crippen molar-refractivity contribution < 1.29 is 9.59 Å². The fraction of sp³-hybridized carbons (Fsp3) is 0.429. The Morgan fingerprint density at radius 1 is 1.12 bits per heavy atom. The number of hydrogen-bond donors (Lipinski definition) is 2. The van der Waals surface area contributed by atoms with Gasteiger partial charge in [-0.2, -0.15) is 0 Å². The molecule has 1 aliphatic rings. The highest BCUT2D eigenvalue weighted by atomic mass is 32.1. The van der Waals surface area contributed by atoms with Gasteiger partial charge in [-0.3, -0.25) is 9.59 Å². The summed E-state index contributed by atoms with van der Waals surface area (Å²) in [5.74, 6) is 0.449. The van der Waals surface area contributed by atoms with E-state index >= 15 is 0 Å². The number of fused-ring (bicyclic) bond motifs is 1. The fourth-order valence-electron chi connectivity index (χ4n) is 3.42. The summed E-state index contributed by atoms with van der Waals surface area (Å²) >= 11 is 1.61. The van der Waals surface area contributed by atoms with Crippen LogP contribution in [0.1, 0.15) is 57.7 Å². The normalized spacial score (nSPS) is 16.7. The molecule has 0 saturated carbocycles. The average molecular weight is 371 g/mol. The highest BCUT2D eigenvalue weighted by Gasteiger charge is 2.30. The zero-order valence-corrected chi connectivity index (χ0v) is 16.6. The van der Waals surface area contributed by atoms with E-state index in [4.69, 9.17) is 0 Å². The Morgan fingerprint density at radius 3 is 2.42 bits per heavy atom. The van der Waals surface area contributed by atoms with Gasteiger partial charge in [-0.25, -0.2) is 0 Å². The number of thiophene rings is 1. The van der Waals surface area contributed by atoms with E-state index in [2.05, 4.69) is 37.5 Å². The molecule has 1 atom stereocenters. The smallest absolute Gasteiger partial charge is 0.265 e. The average Bonchev–Trinajstić information content (AvgIpc) is 3.04. The number of carbonyl (C=O) groups is 2. The molecule has 1 aromatic heterocycles. The highest BCUT2D eigenvalue weighted by Crippen LogP contribution is 2.40. The molecule has 3 rings (SSSR count). The van der Waals surface area contributed by atoms with E-state index in [1.807, 2.05) is 0 Å². The number of anilines is 1. The van der Waals surface area contributed by atoms with Gasteiger partial charge in [-0.1, -0.05) is 20.8 Å². The first kappa shape index (κ1) is 18.6. The topological polar surface area (TPSA) is 58.2 Å². The minimum Gasteiger partial charge on any atom is -0.355 e. The standard InChI is InChI=1S/C21H26N2O2S/c1-21(2,3)15-7-10-17-14(11-15)12-18(26-17)20(25)23-16-8-5-13(6-9-16)19(24)22-4/h5-6,8-9,12,15H,7,10-11H2,1-4H3,(H,22,24)(H,23,25). The van der Waals surface area contributed by atoms with Crippen LogP contribution in [0.3, 0.4) is 0 Å². The lowest BCUT2D eigenvalue weighted by molar-refractivity contribution is 0.0962. The molecule has 1 unspecified atom stereocenters. The molecule has 0 fully saturated rings. The monoisotopic (exact) mass is 370 g/mol. The maximum atomic E-state index is 12.6. The third kappa shape index (κ3) is 3.98. The largest absolute Gasteiger partial charge is 0.355 e. The molecule has 2 aromatic rings. The summed E-state index contributed by atoms with van der Waals surface area (Å²) in [4.78, 5) is 26.3. The van der Waals surface area contributed by atoms with Crippen molar-refractivity contribution >= 4 is 28.8 Å². The number of benzene rings is 1. The second-order valence-electron chi connectivity index (χ2n) is 7.98. The van der Waals surface area contributed by atoms with Gasteiger partial charge >= 0.3 is 0 Å². The first-order valence-electron chi connectivity index (χ1n) is 9.03. The third-order valence-electron chi connectivity index (χ3n) is 5.16. The van der Waals surface area contributed by atoms with Gasteiger partial charge in [-0.15, -0.1) is 11.3 Å². The van der Waals surface area contributed by atoms with Gasteiger partial charge in [0.05, 0.1) is 4.88 Å². The molecule has 0 bridgehead atoms. The van der Waals surface area contributed by atoms with E-state index in [0.29, 0.717) is 22.6 Å².